The van der Waals surface area contributed by atoms with E-state index in [0.29, 0.717) is 24.5 Å². The number of carbonyl (C=O) groups is 1. The highest BCUT2D eigenvalue weighted by atomic mass is 16.6. The van der Waals surface area contributed by atoms with Gasteiger partial charge in [-0.15, -0.1) is 0 Å². The number of esters is 1. The van der Waals surface area contributed by atoms with Crippen LogP contribution in [0.4, 0.5) is 0 Å². The lowest BCUT2D eigenvalue weighted by molar-refractivity contribution is -0.142. The first-order chi connectivity index (χ1) is 8.28. The molecule has 0 N–H and O–H groups in total. The molecular formula is C13H22O4. The van der Waals surface area contributed by atoms with Crippen molar-refractivity contribution in [2.45, 2.75) is 50.7 Å². The molecule has 0 amide bonds. The molecule has 0 radical (unpaired) electrons. The van der Waals surface area contributed by atoms with Crippen molar-refractivity contribution in [3.8, 4) is 0 Å². The minimum absolute atomic E-state index is 0.0847. The lowest BCUT2D eigenvalue weighted by Gasteiger charge is -2.29. The Morgan fingerprint density at radius 1 is 1.18 bits per heavy atom. The molecule has 2 rings (SSSR count). The first kappa shape index (κ1) is 12.8. The summed E-state index contributed by atoms with van der Waals surface area (Å²) in [5.41, 5.74) is 0. The lowest BCUT2D eigenvalue weighted by atomic mass is 9.85. The monoisotopic (exact) mass is 242 g/mol. The molecule has 4 heteroatoms. The number of ether oxygens (including phenoxy) is 3. The average Bonchev–Trinajstić information content (AvgIpc) is 2.84. The SMILES string of the molecule is COC(=O)CC1CCC(OC2CCOC2)CC1. The molecule has 2 fully saturated rings. The number of methoxy groups -OCH3 is 1. The first-order valence-electron chi connectivity index (χ1n) is 6.58. The Labute approximate surface area is 103 Å². The van der Waals surface area contributed by atoms with Crippen molar-refractivity contribution in [1.29, 1.82) is 0 Å². The molecule has 0 aromatic carbocycles. The van der Waals surface area contributed by atoms with Gasteiger partial charge in [0.05, 0.1) is 25.9 Å². The largest absolute Gasteiger partial charge is 0.469 e. The summed E-state index contributed by atoms with van der Waals surface area (Å²) in [7, 11) is 1.46. The number of hydrogen-bond donors (Lipinski definition) is 0. The minimum Gasteiger partial charge on any atom is -0.469 e. The van der Waals surface area contributed by atoms with Crippen LogP contribution >= 0.6 is 0 Å². The van der Waals surface area contributed by atoms with E-state index in [4.69, 9.17) is 14.2 Å². The van der Waals surface area contributed by atoms with Gasteiger partial charge in [0.2, 0.25) is 0 Å². The summed E-state index contributed by atoms with van der Waals surface area (Å²) in [4.78, 5) is 11.2. The maximum atomic E-state index is 11.2. The highest BCUT2D eigenvalue weighted by Crippen LogP contribution is 2.30. The van der Waals surface area contributed by atoms with E-state index >= 15 is 0 Å². The van der Waals surface area contributed by atoms with Crippen molar-refractivity contribution < 1.29 is 19.0 Å². The molecule has 1 saturated carbocycles. The van der Waals surface area contributed by atoms with Gasteiger partial charge in [0.25, 0.3) is 0 Å². The highest BCUT2D eigenvalue weighted by Gasteiger charge is 2.27. The van der Waals surface area contributed by atoms with Gasteiger partial charge in [-0.1, -0.05) is 0 Å². The molecule has 17 heavy (non-hydrogen) atoms. The Kier molecular flexibility index (Phi) is 4.80. The van der Waals surface area contributed by atoms with Crippen LogP contribution in [0.25, 0.3) is 0 Å². The van der Waals surface area contributed by atoms with E-state index in [9.17, 15) is 4.79 Å². The second kappa shape index (κ2) is 6.36. The number of hydrogen-bond acceptors (Lipinski definition) is 4. The Bertz CT molecular complexity index is 240. The summed E-state index contributed by atoms with van der Waals surface area (Å²) in [6.07, 6.45) is 6.56. The van der Waals surface area contributed by atoms with Gasteiger partial charge in [-0.2, -0.15) is 0 Å². The van der Waals surface area contributed by atoms with Crippen LogP contribution in [0.2, 0.25) is 0 Å². The smallest absolute Gasteiger partial charge is 0.305 e. The summed E-state index contributed by atoms with van der Waals surface area (Å²) >= 11 is 0. The van der Waals surface area contributed by atoms with Gasteiger partial charge in [0.1, 0.15) is 0 Å². The normalized spacial score (nSPS) is 33.6. The maximum Gasteiger partial charge on any atom is 0.305 e. The van der Waals surface area contributed by atoms with Gasteiger partial charge in [-0.05, 0) is 38.0 Å². The molecule has 0 bridgehead atoms. The third-order valence-corrected chi connectivity index (χ3v) is 3.75. The molecule has 0 spiro atoms. The molecular weight excluding hydrogens is 220 g/mol. The van der Waals surface area contributed by atoms with Gasteiger partial charge < -0.3 is 14.2 Å². The maximum absolute atomic E-state index is 11.2. The summed E-state index contributed by atoms with van der Waals surface area (Å²) < 4.78 is 16.0. The summed E-state index contributed by atoms with van der Waals surface area (Å²) in [6.45, 7) is 1.59. The van der Waals surface area contributed by atoms with E-state index in [1.807, 2.05) is 0 Å². The highest BCUT2D eigenvalue weighted by molar-refractivity contribution is 5.69. The second-order valence-electron chi connectivity index (χ2n) is 5.04. The molecule has 0 aromatic rings. The van der Waals surface area contributed by atoms with Crippen LogP contribution in [0, 0.1) is 5.92 Å². The fourth-order valence-electron chi connectivity index (χ4n) is 2.68. The van der Waals surface area contributed by atoms with E-state index < -0.39 is 0 Å². The van der Waals surface area contributed by atoms with Crippen LogP contribution < -0.4 is 0 Å². The van der Waals surface area contributed by atoms with E-state index in [2.05, 4.69) is 0 Å². The van der Waals surface area contributed by atoms with Crippen molar-refractivity contribution >= 4 is 5.97 Å². The van der Waals surface area contributed by atoms with Crippen LogP contribution in [-0.2, 0) is 19.0 Å². The molecule has 1 aliphatic carbocycles. The molecule has 1 atom stereocenters. The summed E-state index contributed by atoms with van der Waals surface area (Å²) in [5, 5.41) is 0. The van der Waals surface area contributed by atoms with Crippen molar-refractivity contribution in [2.24, 2.45) is 5.92 Å². The van der Waals surface area contributed by atoms with Crippen LogP contribution in [-0.4, -0.2) is 38.5 Å². The van der Waals surface area contributed by atoms with E-state index in [1.54, 1.807) is 0 Å². The zero-order valence-corrected chi connectivity index (χ0v) is 10.5. The average molecular weight is 242 g/mol. The van der Waals surface area contributed by atoms with Crippen LogP contribution in [0.5, 0.6) is 0 Å². The third-order valence-electron chi connectivity index (χ3n) is 3.75. The van der Waals surface area contributed by atoms with Crippen LogP contribution in [0.3, 0.4) is 0 Å². The zero-order valence-electron chi connectivity index (χ0n) is 10.5. The summed E-state index contributed by atoms with van der Waals surface area (Å²) in [6, 6.07) is 0. The fourth-order valence-corrected chi connectivity index (χ4v) is 2.68. The third kappa shape index (κ3) is 3.96. The Morgan fingerprint density at radius 3 is 2.53 bits per heavy atom. The van der Waals surface area contributed by atoms with Gasteiger partial charge in [-0.3, -0.25) is 4.79 Å². The predicted molar refractivity (Wildman–Crippen MR) is 62.7 cm³/mol. The molecule has 1 heterocycles. The van der Waals surface area contributed by atoms with Crippen molar-refractivity contribution in [2.75, 3.05) is 20.3 Å². The van der Waals surface area contributed by atoms with Crippen LogP contribution in [0.1, 0.15) is 38.5 Å². The standard InChI is InChI=1S/C13H22O4/c1-15-13(14)8-10-2-4-11(5-3-10)17-12-6-7-16-9-12/h10-12H,2-9H2,1H3. The Morgan fingerprint density at radius 2 is 1.94 bits per heavy atom. The first-order valence-corrected chi connectivity index (χ1v) is 6.58. The number of rotatable bonds is 4. The van der Waals surface area contributed by atoms with Gasteiger partial charge in [0, 0.05) is 13.0 Å². The van der Waals surface area contributed by atoms with Gasteiger partial charge in [0.15, 0.2) is 0 Å². The van der Waals surface area contributed by atoms with Crippen LogP contribution in [0.15, 0.2) is 0 Å². The predicted octanol–water partition coefficient (Wildman–Crippen LogP) is 1.91. The summed E-state index contributed by atoms with van der Waals surface area (Å²) in [5.74, 6) is 0.403. The molecule has 4 nitrogen and oxygen atoms in total. The molecule has 98 valence electrons. The van der Waals surface area contributed by atoms with Crippen molar-refractivity contribution in [1.82, 2.24) is 0 Å². The van der Waals surface area contributed by atoms with Gasteiger partial charge >= 0.3 is 5.97 Å². The number of carbonyl (C=O) groups excluding carboxylic acids is 1. The zero-order chi connectivity index (χ0) is 12.1. The molecule has 0 aromatic heterocycles. The second-order valence-corrected chi connectivity index (χ2v) is 5.04. The fraction of sp³-hybridized carbons (Fsp3) is 0.923. The van der Waals surface area contributed by atoms with Crippen molar-refractivity contribution in [3.63, 3.8) is 0 Å². The Hall–Kier alpha value is -0.610. The van der Waals surface area contributed by atoms with E-state index in [-0.39, 0.29) is 5.97 Å². The van der Waals surface area contributed by atoms with Gasteiger partial charge in [-0.25, -0.2) is 0 Å². The lowest BCUT2D eigenvalue weighted by Crippen LogP contribution is -2.28. The molecule has 1 unspecified atom stereocenters. The molecule has 2 aliphatic rings. The van der Waals surface area contributed by atoms with E-state index in [0.717, 1.165) is 45.3 Å². The Balaban J connectivity index is 1.65. The topological polar surface area (TPSA) is 44.8 Å². The van der Waals surface area contributed by atoms with E-state index in [1.165, 1.54) is 7.11 Å². The molecule has 1 aliphatic heterocycles. The van der Waals surface area contributed by atoms with Crippen molar-refractivity contribution in [3.05, 3.63) is 0 Å². The quantitative estimate of drug-likeness (QED) is 0.706. The minimum atomic E-state index is -0.0847. The molecule has 1 saturated heterocycles.